The zero-order valence-corrected chi connectivity index (χ0v) is 17.8. The molecule has 0 atom stereocenters. The number of ether oxygens (including phenoxy) is 2. The van der Waals surface area contributed by atoms with E-state index in [9.17, 15) is 9.59 Å². The Balaban J connectivity index is 1.36. The van der Waals surface area contributed by atoms with E-state index in [0.717, 1.165) is 16.3 Å². The van der Waals surface area contributed by atoms with Crippen LogP contribution in [0.25, 0.3) is 0 Å². The lowest BCUT2D eigenvalue weighted by molar-refractivity contribution is -0.134. The number of hydrogen-bond acceptors (Lipinski definition) is 7. The van der Waals surface area contributed by atoms with Gasteiger partial charge in [-0.3, -0.25) is 9.59 Å². The highest BCUT2D eigenvalue weighted by Gasteiger charge is 2.26. The molecule has 1 aliphatic heterocycles. The number of methoxy groups -OCH3 is 1. The van der Waals surface area contributed by atoms with Crippen molar-refractivity contribution in [3.8, 4) is 11.5 Å². The van der Waals surface area contributed by atoms with E-state index in [1.165, 1.54) is 11.3 Å². The number of anilines is 2. The second-order valence-electron chi connectivity index (χ2n) is 6.96. The number of amides is 2. The third kappa shape index (κ3) is 4.77. The van der Waals surface area contributed by atoms with E-state index in [4.69, 9.17) is 15.2 Å². The second-order valence-corrected chi connectivity index (χ2v) is 8.04. The topological polar surface area (TPSA) is 107 Å². The molecule has 0 fully saturated rings. The molecule has 8 nitrogen and oxygen atoms in total. The molecular formula is C22H22N4O4S. The summed E-state index contributed by atoms with van der Waals surface area (Å²) in [6, 6.07) is 14.1. The van der Waals surface area contributed by atoms with E-state index in [2.05, 4.69) is 10.3 Å². The molecule has 3 aromatic rings. The Hall–Kier alpha value is -3.59. The summed E-state index contributed by atoms with van der Waals surface area (Å²) in [7, 11) is 1.59. The van der Waals surface area contributed by atoms with Crippen molar-refractivity contribution < 1.29 is 19.1 Å². The van der Waals surface area contributed by atoms with Gasteiger partial charge in [0.1, 0.15) is 11.5 Å². The lowest BCUT2D eigenvalue weighted by Crippen LogP contribution is -2.38. The largest absolute Gasteiger partial charge is 0.497 e. The molecule has 0 saturated carbocycles. The number of nitrogen functional groups attached to an aromatic ring is 1. The third-order valence-electron chi connectivity index (χ3n) is 4.91. The van der Waals surface area contributed by atoms with Crippen LogP contribution in [0.2, 0.25) is 0 Å². The van der Waals surface area contributed by atoms with Gasteiger partial charge in [0.05, 0.1) is 30.7 Å². The fourth-order valence-corrected chi connectivity index (χ4v) is 4.22. The van der Waals surface area contributed by atoms with E-state index >= 15 is 0 Å². The standard InChI is InChI=1S/C22H22N4O4S/c1-29-14-6-8-15(9-7-14)30-13-20(27)26-11-10-18-19(12-26)31-22(25-18)21(28)24-17-5-3-2-4-16(17)23/h2-9H,10-13,23H2,1H3,(H,24,28). The van der Waals surface area contributed by atoms with Crippen LogP contribution in [-0.2, 0) is 17.8 Å². The zero-order chi connectivity index (χ0) is 21.8. The van der Waals surface area contributed by atoms with Crippen LogP contribution in [0.5, 0.6) is 11.5 Å². The van der Waals surface area contributed by atoms with Gasteiger partial charge >= 0.3 is 0 Å². The number of carbonyl (C=O) groups is 2. The molecule has 9 heteroatoms. The van der Waals surface area contributed by atoms with Crippen LogP contribution in [0.3, 0.4) is 0 Å². The molecule has 31 heavy (non-hydrogen) atoms. The van der Waals surface area contributed by atoms with Gasteiger partial charge in [-0.05, 0) is 36.4 Å². The zero-order valence-electron chi connectivity index (χ0n) is 17.0. The Morgan fingerprint density at radius 1 is 1.16 bits per heavy atom. The summed E-state index contributed by atoms with van der Waals surface area (Å²) >= 11 is 1.30. The van der Waals surface area contributed by atoms with Crippen LogP contribution in [0, 0.1) is 0 Å². The monoisotopic (exact) mass is 438 g/mol. The van der Waals surface area contributed by atoms with E-state index in [1.54, 1.807) is 60.5 Å². The molecule has 0 spiro atoms. The number of aromatic nitrogens is 1. The van der Waals surface area contributed by atoms with Crippen molar-refractivity contribution in [2.75, 3.05) is 31.3 Å². The predicted octanol–water partition coefficient (Wildman–Crippen LogP) is 2.95. The van der Waals surface area contributed by atoms with E-state index in [0.29, 0.717) is 41.6 Å². The number of hydrogen-bond donors (Lipinski definition) is 2. The van der Waals surface area contributed by atoms with E-state index in [1.807, 2.05) is 0 Å². The van der Waals surface area contributed by atoms with Gasteiger partial charge in [-0.2, -0.15) is 0 Å². The number of thiazole rings is 1. The summed E-state index contributed by atoms with van der Waals surface area (Å²) in [6.45, 7) is 0.897. The van der Waals surface area contributed by atoms with Crippen molar-refractivity contribution in [1.29, 1.82) is 0 Å². The normalized spacial score (nSPS) is 12.7. The molecule has 0 radical (unpaired) electrons. The summed E-state index contributed by atoms with van der Waals surface area (Å²) in [6.07, 6.45) is 0.598. The van der Waals surface area contributed by atoms with Gasteiger partial charge in [0.15, 0.2) is 11.6 Å². The summed E-state index contributed by atoms with van der Waals surface area (Å²) < 4.78 is 10.7. The average molecular weight is 439 g/mol. The highest BCUT2D eigenvalue weighted by atomic mass is 32.1. The van der Waals surface area contributed by atoms with Gasteiger partial charge in [0.2, 0.25) is 0 Å². The SMILES string of the molecule is COc1ccc(OCC(=O)N2CCc3nc(C(=O)Nc4ccccc4N)sc3C2)cc1. The summed E-state index contributed by atoms with van der Waals surface area (Å²) in [4.78, 5) is 32.3. The molecule has 2 heterocycles. The molecule has 2 aromatic carbocycles. The van der Waals surface area contributed by atoms with Crippen LogP contribution in [-0.4, -0.2) is 42.0 Å². The van der Waals surface area contributed by atoms with Crippen LogP contribution in [0.4, 0.5) is 11.4 Å². The second kappa shape index (κ2) is 9.05. The highest BCUT2D eigenvalue weighted by molar-refractivity contribution is 7.13. The molecule has 1 aliphatic rings. The fraction of sp³-hybridized carbons (Fsp3) is 0.227. The molecule has 0 saturated heterocycles. The molecule has 0 aliphatic carbocycles. The predicted molar refractivity (Wildman–Crippen MR) is 119 cm³/mol. The van der Waals surface area contributed by atoms with Crippen molar-refractivity contribution in [1.82, 2.24) is 9.88 Å². The van der Waals surface area contributed by atoms with E-state index in [-0.39, 0.29) is 18.4 Å². The molecular weight excluding hydrogens is 416 g/mol. The van der Waals surface area contributed by atoms with Crippen LogP contribution in [0.15, 0.2) is 48.5 Å². The molecule has 1 aromatic heterocycles. The number of nitrogens with zero attached hydrogens (tertiary/aromatic N) is 2. The summed E-state index contributed by atoms with van der Waals surface area (Å²) in [5.74, 6) is 0.905. The average Bonchev–Trinajstić information content (AvgIpc) is 3.23. The quantitative estimate of drug-likeness (QED) is 0.573. The number of nitrogens with one attached hydrogen (secondary N) is 1. The first-order chi connectivity index (χ1) is 15.0. The van der Waals surface area contributed by atoms with Gasteiger partial charge in [-0.1, -0.05) is 12.1 Å². The van der Waals surface area contributed by atoms with Crippen molar-refractivity contribution >= 4 is 34.5 Å². The fourth-order valence-electron chi connectivity index (χ4n) is 3.20. The van der Waals surface area contributed by atoms with Gasteiger partial charge in [-0.25, -0.2) is 4.98 Å². The number of rotatable bonds is 6. The van der Waals surface area contributed by atoms with Crippen LogP contribution >= 0.6 is 11.3 Å². The smallest absolute Gasteiger partial charge is 0.284 e. The van der Waals surface area contributed by atoms with Crippen molar-refractivity contribution in [2.24, 2.45) is 0 Å². The number of nitrogens with two attached hydrogens (primary N) is 1. The Bertz CT molecular complexity index is 1100. The maximum Gasteiger partial charge on any atom is 0.284 e. The minimum atomic E-state index is -0.307. The molecule has 0 bridgehead atoms. The summed E-state index contributed by atoms with van der Waals surface area (Å²) in [5, 5.41) is 3.15. The van der Waals surface area contributed by atoms with E-state index < -0.39 is 0 Å². The summed E-state index contributed by atoms with van der Waals surface area (Å²) in [5.41, 5.74) is 7.79. The minimum Gasteiger partial charge on any atom is -0.497 e. The molecule has 3 N–H and O–H groups in total. The first kappa shape index (κ1) is 20.7. The number of para-hydroxylation sites is 2. The Morgan fingerprint density at radius 3 is 2.65 bits per heavy atom. The first-order valence-corrected chi connectivity index (χ1v) is 10.5. The van der Waals surface area contributed by atoms with Crippen LogP contribution < -0.4 is 20.5 Å². The lowest BCUT2D eigenvalue weighted by atomic mass is 10.2. The number of benzene rings is 2. The minimum absolute atomic E-state index is 0.0545. The Morgan fingerprint density at radius 2 is 1.90 bits per heavy atom. The van der Waals surface area contributed by atoms with Crippen molar-refractivity contribution in [3.63, 3.8) is 0 Å². The molecule has 0 unspecified atom stereocenters. The Kier molecular flexibility index (Phi) is 6.03. The van der Waals surface area contributed by atoms with Gasteiger partial charge in [0, 0.05) is 17.8 Å². The van der Waals surface area contributed by atoms with Gasteiger partial charge in [-0.15, -0.1) is 11.3 Å². The number of fused-ring (bicyclic) bond motifs is 1. The highest BCUT2D eigenvalue weighted by Crippen LogP contribution is 2.27. The maximum absolute atomic E-state index is 12.6. The van der Waals surface area contributed by atoms with Crippen LogP contribution in [0.1, 0.15) is 20.4 Å². The van der Waals surface area contributed by atoms with Crippen molar-refractivity contribution in [2.45, 2.75) is 13.0 Å². The third-order valence-corrected chi connectivity index (χ3v) is 5.99. The molecule has 4 rings (SSSR count). The number of carbonyl (C=O) groups excluding carboxylic acids is 2. The Labute approximate surface area is 183 Å². The maximum atomic E-state index is 12.6. The first-order valence-electron chi connectivity index (χ1n) is 9.72. The molecule has 2 amide bonds. The van der Waals surface area contributed by atoms with Gasteiger partial charge in [0.25, 0.3) is 11.8 Å². The van der Waals surface area contributed by atoms with Crippen molar-refractivity contribution in [3.05, 3.63) is 64.1 Å². The van der Waals surface area contributed by atoms with Gasteiger partial charge < -0.3 is 25.4 Å². The lowest BCUT2D eigenvalue weighted by Gasteiger charge is -2.26. The molecule has 160 valence electrons.